The molecule has 0 fully saturated rings. The van der Waals surface area contributed by atoms with E-state index < -0.39 is 0 Å². The van der Waals surface area contributed by atoms with Crippen molar-refractivity contribution < 1.29 is 14.3 Å². The zero-order valence-electron chi connectivity index (χ0n) is 12.2. The number of hydrogen-bond acceptors (Lipinski definition) is 4. The standard InChI is InChI=1S/C15H22INO3/c1-4-17-13(15(18)20-6-3)10-11-7-8-14(19-5-2)12(16)9-11/h7-9,13,17H,4-6,10H2,1-3H3/t13-/m0/s1. The van der Waals surface area contributed by atoms with Crippen LogP contribution in [-0.2, 0) is 16.0 Å². The molecule has 0 aliphatic carbocycles. The number of benzene rings is 1. The Morgan fingerprint density at radius 1 is 1.30 bits per heavy atom. The van der Waals surface area contributed by atoms with E-state index in [0.29, 0.717) is 19.6 Å². The molecule has 0 amide bonds. The summed E-state index contributed by atoms with van der Waals surface area (Å²) in [6.45, 7) is 7.55. The van der Waals surface area contributed by atoms with Crippen LogP contribution >= 0.6 is 22.6 Å². The topological polar surface area (TPSA) is 47.6 Å². The average molecular weight is 391 g/mol. The number of nitrogens with one attached hydrogen (secondary N) is 1. The first-order valence-corrected chi connectivity index (χ1v) is 8.01. The van der Waals surface area contributed by atoms with E-state index in [0.717, 1.165) is 21.4 Å². The second-order valence-electron chi connectivity index (χ2n) is 4.26. The number of halogens is 1. The SMILES string of the molecule is CCN[C@@H](Cc1ccc(OCC)c(I)c1)C(=O)OCC. The molecular formula is C15H22INO3. The highest BCUT2D eigenvalue weighted by Crippen LogP contribution is 2.22. The van der Waals surface area contributed by atoms with Crippen molar-refractivity contribution in [2.45, 2.75) is 33.2 Å². The molecule has 0 spiro atoms. The third-order valence-electron chi connectivity index (χ3n) is 2.76. The van der Waals surface area contributed by atoms with Crippen molar-refractivity contribution in [3.63, 3.8) is 0 Å². The maximum Gasteiger partial charge on any atom is 0.323 e. The number of rotatable bonds is 8. The van der Waals surface area contributed by atoms with Crippen LogP contribution in [0.25, 0.3) is 0 Å². The van der Waals surface area contributed by atoms with Crippen molar-refractivity contribution in [3.8, 4) is 5.75 Å². The van der Waals surface area contributed by atoms with Crippen LogP contribution in [0.2, 0.25) is 0 Å². The fourth-order valence-electron chi connectivity index (χ4n) is 1.91. The predicted molar refractivity (Wildman–Crippen MR) is 88.1 cm³/mol. The van der Waals surface area contributed by atoms with Crippen LogP contribution in [0.15, 0.2) is 18.2 Å². The molecule has 0 unspecified atom stereocenters. The molecular weight excluding hydrogens is 369 g/mol. The highest BCUT2D eigenvalue weighted by molar-refractivity contribution is 14.1. The number of esters is 1. The zero-order chi connectivity index (χ0) is 15.0. The van der Waals surface area contributed by atoms with Crippen molar-refractivity contribution >= 4 is 28.6 Å². The third kappa shape index (κ3) is 5.28. The third-order valence-corrected chi connectivity index (χ3v) is 3.60. The zero-order valence-corrected chi connectivity index (χ0v) is 14.4. The largest absolute Gasteiger partial charge is 0.493 e. The first-order chi connectivity index (χ1) is 9.62. The van der Waals surface area contributed by atoms with Gasteiger partial charge in [-0.05, 0) is 67.1 Å². The molecule has 1 atom stereocenters. The molecule has 1 rings (SSSR count). The summed E-state index contributed by atoms with van der Waals surface area (Å²) in [5, 5.41) is 3.17. The number of likely N-dealkylation sites (N-methyl/N-ethyl adjacent to an activating group) is 1. The average Bonchev–Trinajstić information content (AvgIpc) is 2.42. The molecule has 0 aliphatic rings. The first-order valence-electron chi connectivity index (χ1n) is 6.93. The van der Waals surface area contributed by atoms with Gasteiger partial charge in [0.2, 0.25) is 0 Å². The Morgan fingerprint density at radius 2 is 2.05 bits per heavy atom. The van der Waals surface area contributed by atoms with E-state index >= 15 is 0 Å². The van der Waals surface area contributed by atoms with Crippen LogP contribution in [-0.4, -0.2) is 31.8 Å². The minimum absolute atomic E-state index is 0.196. The van der Waals surface area contributed by atoms with Crippen molar-refractivity contribution in [1.29, 1.82) is 0 Å². The Kier molecular flexibility index (Phi) is 7.91. The molecule has 1 aromatic carbocycles. The van der Waals surface area contributed by atoms with Gasteiger partial charge in [-0.25, -0.2) is 0 Å². The van der Waals surface area contributed by atoms with Gasteiger partial charge in [0.25, 0.3) is 0 Å². The lowest BCUT2D eigenvalue weighted by Gasteiger charge is -2.17. The fourth-order valence-corrected chi connectivity index (χ4v) is 2.64. The number of carbonyl (C=O) groups excluding carboxylic acids is 1. The summed E-state index contributed by atoms with van der Waals surface area (Å²) in [6.07, 6.45) is 0.620. The van der Waals surface area contributed by atoms with Crippen molar-refractivity contribution in [2.75, 3.05) is 19.8 Å². The van der Waals surface area contributed by atoms with Gasteiger partial charge < -0.3 is 14.8 Å². The summed E-state index contributed by atoms with van der Waals surface area (Å²) >= 11 is 2.25. The summed E-state index contributed by atoms with van der Waals surface area (Å²) in [7, 11) is 0. The second-order valence-corrected chi connectivity index (χ2v) is 5.43. The summed E-state index contributed by atoms with van der Waals surface area (Å²) in [5.74, 6) is 0.686. The second kappa shape index (κ2) is 9.18. The molecule has 20 heavy (non-hydrogen) atoms. The van der Waals surface area contributed by atoms with E-state index in [1.165, 1.54) is 0 Å². The first kappa shape index (κ1) is 17.2. The molecule has 1 aromatic rings. The Labute approximate surface area is 134 Å². The van der Waals surface area contributed by atoms with Crippen LogP contribution < -0.4 is 10.1 Å². The van der Waals surface area contributed by atoms with E-state index in [9.17, 15) is 4.79 Å². The minimum Gasteiger partial charge on any atom is -0.493 e. The minimum atomic E-state index is -0.298. The van der Waals surface area contributed by atoms with Gasteiger partial charge in [-0.1, -0.05) is 13.0 Å². The molecule has 0 aromatic heterocycles. The fraction of sp³-hybridized carbons (Fsp3) is 0.533. The summed E-state index contributed by atoms with van der Waals surface area (Å²) in [6, 6.07) is 5.70. The van der Waals surface area contributed by atoms with Crippen molar-refractivity contribution in [2.24, 2.45) is 0 Å². The van der Waals surface area contributed by atoms with Gasteiger partial charge in [-0.3, -0.25) is 4.79 Å². The lowest BCUT2D eigenvalue weighted by molar-refractivity contribution is -0.145. The highest BCUT2D eigenvalue weighted by atomic mass is 127. The highest BCUT2D eigenvalue weighted by Gasteiger charge is 2.19. The van der Waals surface area contributed by atoms with Crippen molar-refractivity contribution in [3.05, 3.63) is 27.3 Å². The number of hydrogen-bond donors (Lipinski definition) is 1. The maximum atomic E-state index is 11.9. The molecule has 0 saturated carbocycles. The van der Waals surface area contributed by atoms with E-state index in [2.05, 4.69) is 34.0 Å². The number of ether oxygens (including phenoxy) is 2. The van der Waals surface area contributed by atoms with E-state index in [1.54, 1.807) is 0 Å². The van der Waals surface area contributed by atoms with Gasteiger partial charge in [0.15, 0.2) is 0 Å². The van der Waals surface area contributed by atoms with E-state index in [-0.39, 0.29) is 12.0 Å². The molecule has 5 heteroatoms. The Bertz CT molecular complexity index is 437. The van der Waals surface area contributed by atoms with Crippen LogP contribution in [0.5, 0.6) is 5.75 Å². The molecule has 4 nitrogen and oxygen atoms in total. The summed E-state index contributed by atoms with van der Waals surface area (Å²) in [5.41, 5.74) is 1.09. The van der Waals surface area contributed by atoms with Crippen LogP contribution in [0.1, 0.15) is 26.3 Å². The summed E-state index contributed by atoms with van der Waals surface area (Å²) < 4.78 is 11.7. The van der Waals surface area contributed by atoms with E-state index in [1.807, 2.05) is 32.9 Å². The van der Waals surface area contributed by atoms with Gasteiger partial charge >= 0.3 is 5.97 Å². The number of carbonyl (C=O) groups is 1. The van der Waals surface area contributed by atoms with Gasteiger partial charge in [-0.2, -0.15) is 0 Å². The lowest BCUT2D eigenvalue weighted by atomic mass is 10.1. The van der Waals surface area contributed by atoms with Gasteiger partial charge in [0.1, 0.15) is 11.8 Å². The quantitative estimate of drug-likeness (QED) is 0.547. The molecule has 0 heterocycles. The van der Waals surface area contributed by atoms with Crippen LogP contribution in [0.3, 0.4) is 0 Å². The normalized spacial score (nSPS) is 12.0. The molecule has 0 radical (unpaired) electrons. The monoisotopic (exact) mass is 391 g/mol. The predicted octanol–water partition coefficient (Wildman–Crippen LogP) is 2.77. The molecule has 1 N–H and O–H groups in total. The smallest absolute Gasteiger partial charge is 0.323 e. The van der Waals surface area contributed by atoms with Gasteiger partial charge in [0, 0.05) is 0 Å². The van der Waals surface area contributed by atoms with Crippen LogP contribution in [0.4, 0.5) is 0 Å². The van der Waals surface area contributed by atoms with E-state index in [4.69, 9.17) is 9.47 Å². The summed E-state index contributed by atoms with van der Waals surface area (Å²) in [4.78, 5) is 11.9. The molecule has 0 saturated heterocycles. The Balaban J connectivity index is 2.77. The molecule has 0 bridgehead atoms. The maximum absolute atomic E-state index is 11.9. The molecule has 112 valence electrons. The Hall–Kier alpha value is -0.820. The molecule has 0 aliphatic heterocycles. The van der Waals surface area contributed by atoms with Crippen LogP contribution in [0, 0.1) is 3.57 Å². The lowest BCUT2D eigenvalue weighted by Crippen LogP contribution is -2.39. The Morgan fingerprint density at radius 3 is 2.60 bits per heavy atom. The van der Waals surface area contributed by atoms with Gasteiger partial charge in [-0.15, -0.1) is 0 Å². The van der Waals surface area contributed by atoms with Gasteiger partial charge in [0.05, 0.1) is 16.8 Å². The van der Waals surface area contributed by atoms with Crippen molar-refractivity contribution in [1.82, 2.24) is 5.32 Å².